The minimum absolute atomic E-state index is 0.525. The first-order valence-electron chi connectivity index (χ1n) is 6.30. The molecule has 19 heavy (non-hydrogen) atoms. The van der Waals surface area contributed by atoms with Crippen LogP contribution in [-0.2, 0) is 6.42 Å². The van der Waals surface area contributed by atoms with Crippen molar-refractivity contribution in [2.24, 2.45) is 5.73 Å². The van der Waals surface area contributed by atoms with Gasteiger partial charge in [-0.05, 0) is 25.1 Å². The molecule has 0 amide bonds. The van der Waals surface area contributed by atoms with Gasteiger partial charge >= 0.3 is 0 Å². The summed E-state index contributed by atoms with van der Waals surface area (Å²) in [4.78, 5) is 8.90. The summed E-state index contributed by atoms with van der Waals surface area (Å²) in [7, 11) is 0. The molecule has 0 atom stereocenters. The number of hydrogen-bond donors (Lipinski definition) is 1. The molecule has 3 rings (SSSR count). The van der Waals surface area contributed by atoms with Crippen molar-refractivity contribution < 1.29 is 4.42 Å². The predicted molar refractivity (Wildman–Crippen MR) is 74.7 cm³/mol. The second kappa shape index (κ2) is 4.82. The van der Waals surface area contributed by atoms with E-state index >= 15 is 0 Å². The lowest BCUT2D eigenvalue weighted by Gasteiger charge is -2.01. The Balaban J connectivity index is 2.05. The Morgan fingerprint density at radius 2 is 2.05 bits per heavy atom. The topological polar surface area (TPSA) is 64.9 Å². The van der Waals surface area contributed by atoms with Crippen LogP contribution in [0.1, 0.15) is 11.5 Å². The van der Waals surface area contributed by atoms with Crippen molar-refractivity contribution in [1.82, 2.24) is 9.97 Å². The highest BCUT2D eigenvalue weighted by atomic mass is 16.3. The number of aryl methyl sites for hydroxylation is 1. The second-order valence-electron chi connectivity index (χ2n) is 4.53. The highest BCUT2D eigenvalue weighted by Crippen LogP contribution is 2.22. The van der Waals surface area contributed by atoms with Crippen molar-refractivity contribution in [3.05, 3.63) is 47.9 Å². The Morgan fingerprint density at radius 3 is 2.84 bits per heavy atom. The molecule has 4 nitrogen and oxygen atoms in total. The fourth-order valence-corrected chi connectivity index (χ4v) is 2.06. The van der Waals surface area contributed by atoms with E-state index in [1.807, 2.05) is 24.3 Å². The minimum atomic E-state index is 0.525. The standard InChI is InChI=1S/C15H15N3O/c1-10-3-2-4-11(9-10)12-5-6-13-15(17-12)18-14(19-13)7-8-16/h2-6,9H,7-8,16H2,1H3. The van der Waals surface area contributed by atoms with Crippen LogP contribution in [0.3, 0.4) is 0 Å². The van der Waals surface area contributed by atoms with E-state index in [1.165, 1.54) is 5.56 Å². The summed E-state index contributed by atoms with van der Waals surface area (Å²) in [6, 6.07) is 12.1. The Labute approximate surface area is 111 Å². The van der Waals surface area contributed by atoms with E-state index in [4.69, 9.17) is 10.2 Å². The molecule has 2 heterocycles. The maximum atomic E-state index is 5.57. The normalized spacial score (nSPS) is 11.1. The smallest absolute Gasteiger partial charge is 0.199 e. The largest absolute Gasteiger partial charge is 0.439 e. The first-order chi connectivity index (χ1) is 9.26. The lowest BCUT2D eigenvalue weighted by Crippen LogP contribution is -2.02. The van der Waals surface area contributed by atoms with Gasteiger partial charge in [0.25, 0.3) is 0 Å². The fourth-order valence-electron chi connectivity index (χ4n) is 2.06. The Morgan fingerprint density at radius 1 is 1.16 bits per heavy atom. The zero-order chi connectivity index (χ0) is 13.2. The molecule has 96 valence electrons. The number of hydrogen-bond acceptors (Lipinski definition) is 4. The molecule has 3 aromatic rings. The first kappa shape index (κ1) is 11.9. The number of fused-ring (bicyclic) bond motifs is 1. The number of pyridine rings is 1. The molecule has 0 unspecified atom stereocenters. The molecule has 0 aliphatic rings. The van der Waals surface area contributed by atoms with Crippen LogP contribution < -0.4 is 5.73 Å². The summed E-state index contributed by atoms with van der Waals surface area (Å²) >= 11 is 0. The third kappa shape index (κ3) is 2.35. The number of nitrogens with two attached hydrogens (primary N) is 1. The van der Waals surface area contributed by atoms with Crippen LogP contribution in [0.5, 0.6) is 0 Å². The van der Waals surface area contributed by atoms with Crippen LogP contribution in [0.2, 0.25) is 0 Å². The summed E-state index contributed by atoms with van der Waals surface area (Å²) in [6.07, 6.45) is 0.635. The van der Waals surface area contributed by atoms with Gasteiger partial charge in [0.1, 0.15) is 0 Å². The van der Waals surface area contributed by atoms with Crippen molar-refractivity contribution in [3.63, 3.8) is 0 Å². The van der Waals surface area contributed by atoms with Gasteiger partial charge in [0.2, 0.25) is 0 Å². The number of benzene rings is 1. The summed E-state index contributed by atoms with van der Waals surface area (Å²) in [5, 5.41) is 0. The third-order valence-electron chi connectivity index (χ3n) is 2.97. The van der Waals surface area contributed by atoms with Gasteiger partial charge in [-0.1, -0.05) is 23.8 Å². The molecule has 4 heteroatoms. The lowest BCUT2D eigenvalue weighted by molar-refractivity contribution is 0.531. The van der Waals surface area contributed by atoms with E-state index < -0.39 is 0 Å². The molecule has 0 bridgehead atoms. The third-order valence-corrected chi connectivity index (χ3v) is 2.97. The molecular weight excluding hydrogens is 238 g/mol. The fraction of sp³-hybridized carbons (Fsp3) is 0.200. The maximum absolute atomic E-state index is 5.57. The number of rotatable bonds is 3. The number of aromatic nitrogens is 2. The van der Waals surface area contributed by atoms with Gasteiger partial charge in [-0.25, -0.2) is 4.98 Å². The zero-order valence-corrected chi connectivity index (χ0v) is 10.8. The molecule has 2 aromatic heterocycles. The van der Waals surface area contributed by atoms with Gasteiger partial charge in [-0.3, -0.25) is 0 Å². The van der Waals surface area contributed by atoms with Crippen molar-refractivity contribution in [1.29, 1.82) is 0 Å². The summed E-state index contributed by atoms with van der Waals surface area (Å²) in [5.41, 5.74) is 10.1. The first-order valence-corrected chi connectivity index (χ1v) is 6.30. The molecule has 0 radical (unpaired) electrons. The van der Waals surface area contributed by atoms with E-state index in [2.05, 4.69) is 29.0 Å². The second-order valence-corrected chi connectivity index (χ2v) is 4.53. The van der Waals surface area contributed by atoms with Gasteiger partial charge in [0.05, 0.1) is 5.69 Å². The summed E-state index contributed by atoms with van der Waals surface area (Å²) in [6.45, 7) is 2.59. The van der Waals surface area contributed by atoms with Crippen molar-refractivity contribution in [2.75, 3.05) is 6.54 Å². The van der Waals surface area contributed by atoms with Gasteiger partial charge in [0.15, 0.2) is 17.1 Å². The van der Waals surface area contributed by atoms with Crippen molar-refractivity contribution in [3.8, 4) is 11.3 Å². The van der Waals surface area contributed by atoms with Crippen LogP contribution in [0, 0.1) is 6.92 Å². The van der Waals surface area contributed by atoms with Crippen molar-refractivity contribution >= 4 is 11.2 Å². The summed E-state index contributed by atoms with van der Waals surface area (Å²) < 4.78 is 5.57. The predicted octanol–water partition coefficient (Wildman–Crippen LogP) is 2.70. The molecule has 0 spiro atoms. The monoisotopic (exact) mass is 253 g/mol. The van der Waals surface area contributed by atoms with E-state index in [0.717, 1.165) is 11.3 Å². The van der Waals surface area contributed by atoms with E-state index in [0.29, 0.717) is 30.1 Å². The average molecular weight is 253 g/mol. The Hall–Kier alpha value is -2.20. The lowest BCUT2D eigenvalue weighted by atomic mass is 10.1. The van der Waals surface area contributed by atoms with Crippen LogP contribution in [0.25, 0.3) is 22.5 Å². The van der Waals surface area contributed by atoms with E-state index in [-0.39, 0.29) is 0 Å². The van der Waals surface area contributed by atoms with Crippen LogP contribution >= 0.6 is 0 Å². The molecule has 1 aromatic carbocycles. The van der Waals surface area contributed by atoms with Crippen LogP contribution in [-0.4, -0.2) is 16.5 Å². The van der Waals surface area contributed by atoms with Gasteiger partial charge < -0.3 is 10.2 Å². The minimum Gasteiger partial charge on any atom is -0.439 e. The average Bonchev–Trinajstić information content (AvgIpc) is 2.80. The molecule has 0 aliphatic heterocycles. The van der Waals surface area contributed by atoms with Crippen molar-refractivity contribution in [2.45, 2.75) is 13.3 Å². The van der Waals surface area contributed by atoms with Crippen LogP contribution in [0.15, 0.2) is 40.8 Å². The SMILES string of the molecule is Cc1cccc(-c2ccc3oc(CCN)nc3n2)c1. The van der Waals surface area contributed by atoms with Gasteiger partial charge in [0, 0.05) is 18.5 Å². The maximum Gasteiger partial charge on any atom is 0.199 e. The van der Waals surface area contributed by atoms with Gasteiger partial charge in [-0.2, -0.15) is 4.98 Å². The number of oxazole rings is 1. The van der Waals surface area contributed by atoms with Crippen LogP contribution in [0.4, 0.5) is 0 Å². The highest BCUT2D eigenvalue weighted by molar-refractivity contribution is 5.73. The molecular formula is C15H15N3O. The van der Waals surface area contributed by atoms with E-state index in [9.17, 15) is 0 Å². The highest BCUT2D eigenvalue weighted by Gasteiger charge is 2.08. The number of nitrogens with zero attached hydrogens (tertiary/aromatic N) is 2. The molecule has 2 N–H and O–H groups in total. The van der Waals surface area contributed by atoms with E-state index in [1.54, 1.807) is 0 Å². The molecule has 0 aliphatic carbocycles. The molecule has 0 saturated heterocycles. The Bertz CT molecular complexity index is 718. The zero-order valence-electron chi connectivity index (χ0n) is 10.8. The molecule has 0 saturated carbocycles. The quantitative estimate of drug-likeness (QED) is 0.779. The van der Waals surface area contributed by atoms with Gasteiger partial charge in [-0.15, -0.1) is 0 Å². The Kier molecular flexibility index (Phi) is 3.01. The molecule has 0 fully saturated rings. The summed E-state index contributed by atoms with van der Waals surface area (Å²) in [5.74, 6) is 0.645.